The molecule has 0 aromatic carbocycles. The summed E-state index contributed by atoms with van der Waals surface area (Å²) in [5.41, 5.74) is -6.78. The van der Waals surface area contributed by atoms with Crippen LogP contribution >= 0.6 is 11.8 Å². The molecule has 10 atom stereocenters. The van der Waals surface area contributed by atoms with Gasteiger partial charge >= 0.3 is 0 Å². The Hall–Kier alpha value is -2.34. The Bertz CT molecular complexity index is 1330. The van der Waals surface area contributed by atoms with Gasteiger partial charge in [0.05, 0.1) is 12.2 Å². The van der Waals surface area contributed by atoms with Crippen molar-refractivity contribution in [1.29, 1.82) is 0 Å². The number of carbonyl (C=O) groups is 3. The third-order valence-electron chi connectivity index (χ3n) is 10.1. The van der Waals surface area contributed by atoms with E-state index in [0.29, 0.717) is 23.3 Å². The van der Waals surface area contributed by atoms with E-state index < -0.39 is 74.7 Å². The van der Waals surface area contributed by atoms with Crippen LogP contribution in [0.15, 0.2) is 40.4 Å². The van der Waals surface area contributed by atoms with Gasteiger partial charge in [0.2, 0.25) is 11.4 Å². The Labute approximate surface area is 228 Å². The third-order valence-corrected chi connectivity index (χ3v) is 10.9. The van der Waals surface area contributed by atoms with Crippen molar-refractivity contribution in [2.45, 2.75) is 76.0 Å². The Balaban J connectivity index is 1.46. The topological polar surface area (TPSA) is 115 Å². The normalized spacial score (nSPS) is 46.1. The molecular weight excluding hydrogens is 532 g/mol. The molecule has 2 N–H and O–H groups in total. The van der Waals surface area contributed by atoms with Gasteiger partial charge in [0, 0.05) is 35.6 Å². The standard InChI is InChI=1S/C28H31F2NO7S/c1-13-5-6-19(36-13)22-37-21-11-15-16-10-18(29)17-9-14(32)7-8-25(17,2)27(16,30)20(33)12-26(15,3)28(21,38-22)23(34)39-24(35)31-4/h5-9,15-16,18,20-22,33H,10-12H2,1-4H3,(H,31,35)/t15-,16-,18-,20-,21+,22?,25-,26-,27-,28-/m0/s1. The van der Waals surface area contributed by atoms with E-state index in [2.05, 4.69) is 5.32 Å². The van der Waals surface area contributed by atoms with E-state index in [1.54, 1.807) is 26.0 Å². The molecule has 0 radical (unpaired) electrons. The molecule has 0 bridgehead atoms. The molecular formula is C28H31F2NO7S. The second-order valence-electron chi connectivity index (χ2n) is 11.8. The number of allylic oxidation sites excluding steroid dienone is 4. The first-order chi connectivity index (χ1) is 18.3. The van der Waals surface area contributed by atoms with Crippen molar-refractivity contribution in [3.05, 3.63) is 47.5 Å². The van der Waals surface area contributed by atoms with Crippen LogP contribution in [0.3, 0.4) is 0 Å². The van der Waals surface area contributed by atoms with Crippen LogP contribution in [0.5, 0.6) is 0 Å². The van der Waals surface area contributed by atoms with Gasteiger partial charge in [-0.1, -0.05) is 13.0 Å². The van der Waals surface area contributed by atoms with Crippen LogP contribution < -0.4 is 5.32 Å². The number of fused-ring (bicyclic) bond motifs is 7. The average Bonchev–Trinajstić information content (AvgIpc) is 3.55. The monoisotopic (exact) mass is 563 g/mol. The number of alkyl halides is 2. The number of furan rings is 1. The van der Waals surface area contributed by atoms with Gasteiger partial charge in [0.1, 0.15) is 11.9 Å². The first-order valence-corrected chi connectivity index (χ1v) is 13.9. The van der Waals surface area contributed by atoms with Crippen LogP contribution in [0.1, 0.15) is 50.9 Å². The highest BCUT2D eigenvalue weighted by Gasteiger charge is 2.80. The van der Waals surface area contributed by atoms with Gasteiger partial charge in [-0.3, -0.25) is 14.4 Å². The van der Waals surface area contributed by atoms with Crippen LogP contribution in [-0.2, 0) is 19.1 Å². The fraction of sp³-hybridized carbons (Fsp3) is 0.607. The summed E-state index contributed by atoms with van der Waals surface area (Å²) in [6.07, 6.45) is -1.76. The van der Waals surface area contributed by atoms with E-state index in [1.807, 2.05) is 0 Å². The van der Waals surface area contributed by atoms with Crippen molar-refractivity contribution in [3.8, 4) is 0 Å². The number of hydrogen-bond acceptors (Lipinski definition) is 8. The lowest BCUT2D eigenvalue weighted by Gasteiger charge is -2.63. The summed E-state index contributed by atoms with van der Waals surface area (Å²) in [4.78, 5) is 38.3. The van der Waals surface area contributed by atoms with Gasteiger partial charge in [0.15, 0.2) is 22.8 Å². The lowest BCUT2D eigenvalue weighted by atomic mass is 9.44. The van der Waals surface area contributed by atoms with Gasteiger partial charge < -0.3 is 24.3 Å². The molecule has 1 aromatic heterocycles. The fourth-order valence-electron chi connectivity index (χ4n) is 8.22. The Morgan fingerprint density at radius 2 is 1.95 bits per heavy atom. The number of nitrogens with one attached hydrogen (secondary N) is 1. The largest absolute Gasteiger partial charge is 0.461 e. The van der Waals surface area contributed by atoms with Crippen LogP contribution in [0.4, 0.5) is 13.6 Å². The van der Waals surface area contributed by atoms with E-state index in [1.165, 1.54) is 26.1 Å². The molecule has 4 fully saturated rings. The number of aliphatic hydroxyl groups excluding tert-OH is 1. The minimum Gasteiger partial charge on any atom is -0.461 e. The zero-order valence-corrected chi connectivity index (χ0v) is 22.8. The number of hydrogen-bond donors (Lipinski definition) is 2. The van der Waals surface area contributed by atoms with E-state index in [4.69, 9.17) is 13.9 Å². The maximum Gasteiger partial charge on any atom is 0.286 e. The Morgan fingerprint density at radius 3 is 2.62 bits per heavy atom. The molecule has 0 spiro atoms. The molecule has 11 heteroatoms. The lowest BCUT2D eigenvalue weighted by Crippen LogP contribution is -2.70. The first kappa shape index (κ1) is 26.9. The van der Waals surface area contributed by atoms with Crippen molar-refractivity contribution in [2.75, 3.05) is 7.05 Å². The molecule has 1 aliphatic heterocycles. The van der Waals surface area contributed by atoms with E-state index in [9.17, 15) is 19.5 Å². The summed E-state index contributed by atoms with van der Waals surface area (Å²) < 4.78 is 51.6. The number of aliphatic hydroxyl groups is 1. The number of rotatable bonds is 2. The maximum atomic E-state index is 17.5. The van der Waals surface area contributed by atoms with E-state index in [0.717, 1.165) is 6.08 Å². The van der Waals surface area contributed by atoms with Crippen LogP contribution in [0, 0.1) is 29.6 Å². The Kier molecular flexibility index (Phi) is 5.91. The van der Waals surface area contributed by atoms with Gasteiger partial charge in [-0.15, -0.1) is 0 Å². The zero-order chi connectivity index (χ0) is 28.1. The van der Waals surface area contributed by atoms with Gasteiger partial charge in [-0.05, 0) is 68.9 Å². The van der Waals surface area contributed by atoms with Crippen LogP contribution in [0.2, 0.25) is 0 Å². The number of amides is 1. The van der Waals surface area contributed by atoms with Crippen molar-refractivity contribution < 1.29 is 42.2 Å². The number of ether oxygens (including phenoxy) is 2. The maximum absolute atomic E-state index is 17.5. The molecule has 1 saturated heterocycles. The summed E-state index contributed by atoms with van der Waals surface area (Å²) in [7, 11) is 1.40. The molecule has 4 aliphatic carbocycles. The second kappa shape index (κ2) is 8.58. The average molecular weight is 564 g/mol. The minimum atomic E-state index is -2.31. The van der Waals surface area contributed by atoms with E-state index >= 15 is 8.78 Å². The van der Waals surface area contributed by atoms with Crippen LogP contribution in [-0.4, -0.2) is 57.9 Å². The molecule has 8 nitrogen and oxygen atoms in total. The number of thioether (sulfide) groups is 1. The Morgan fingerprint density at radius 1 is 1.21 bits per heavy atom. The molecule has 1 unspecified atom stereocenters. The van der Waals surface area contributed by atoms with Crippen molar-refractivity contribution in [2.24, 2.45) is 22.7 Å². The lowest BCUT2D eigenvalue weighted by molar-refractivity contribution is -0.233. The predicted molar refractivity (Wildman–Crippen MR) is 136 cm³/mol. The summed E-state index contributed by atoms with van der Waals surface area (Å²) in [5.74, 6) is -1.11. The predicted octanol–water partition coefficient (Wildman–Crippen LogP) is 4.27. The number of aryl methyl sites for hydroxylation is 1. The SMILES string of the molecule is CNC(=O)SC(=O)[C@@]12OC(c3ccc(C)o3)O[C@@H]1C[C@H]1[C@@H]3C[C@H](F)C4=CC(=O)C=C[C@]4(C)[C@@]3(F)[C@@H](O)C[C@@]12C. The van der Waals surface area contributed by atoms with Gasteiger partial charge in [-0.2, -0.15) is 0 Å². The molecule has 3 saturated carbocycles. The van der Waals surface area contributed by atoms with Gasteiger partial charge in [-0.25, -0.2) is 8.78 Å². The molecule has 1 amide bonds. The van der Waals surface area contributed by atoms with E-state index in [-0.39, 0.29) is 24.8 Å². The van der Waals surface area contributed by atoms with Crippen molar-refractivity contribution in [3.63, 3.8) is 0 Å². The smallest absolute Gasteiger partial charge is 0.286 e. The molecule has 1 aromatic rings. The summed E-state index contributed by atoms with van der Waals surface area (Å²) >= 11 is 0.437. The van der Waals surface area contributed by atoms with Gasteiger partial charge in [0.25, 0.3) is 5.24 Å². The molecule has 5 aliphatic rings. The zero-order valence-electron chi connectivity index (χ0n) is 22.0. The first-order valence-electron chi connectivity index (χ1n) is 13.1. The second-order valence-corrected chi connectivity index (χ2v) is 12.7. The molecule has 6 rings (SSSR count). The number of ketones is 1. The highest BCUT2D eigenvalue weighted by molar-refractivity contribution is 8.26. The summed E-state index contributed by atoms with van der Waals surface area (Å²) in [6.45, 7) is 5.01. The molecule has 2 heterocycles. The minimum absolute atomic E-state index is 0.0244. The summed E-state index contributed by atoms with van der Waals surface area (Å²) in [5, 5.41) is 12.8. The van der Waals surface area contributed by atoms with Crippen molar-refractivity contribution >= 4 is 27.9 Å². The van der Waals surface area contributed by atoms with Crippen LogP contribution in [0.25, 0.3) is 0 Å². The number of halogens is 2. The fourth-order valence-corrected chi connectivity index (χ4v) is 9.05. The summed E-state index contributed by atoms with van der Waals surface area (Å²) in [6, 6.07) is 3.40. The third kappa shape index (κ3) is 3.30. The molecule has 210 valence electrons. The molecule has 39 heavy (non-hydrogen) atoms. The quantitative estimate of drug-likeness (QED) is 0.549. The highest BCUT2D eigenvalue weighted by atomic mass is 32.2. The highest BCUT2D eigenvalue weighted by Crippen LogP contribution is 2.73. The number of carbonyl (C=O) groups excluding carboxylic acids is 3. The van der Waals surface area contributed by atoms with Crippen molar-refractivity contribution in [1.82, 2.24) is 5.32 Å².